The number of hydrogen-bond acceptors (Lipinski definition) is 2. The Morgan fingerprint density at radius 1 is 1.20 bits per heavy atom. The molecule has 2 atom stereocenters. The van der Waals surface area contributed by atoms with Gasteiger partial charge in [-0.15, -0.1) is 7.05 Å². The number of hydroxylamine groups is 1. The van der Waals surface area contributed by atoms with E-state index in [4.69, 9.17) is 4.28 Å². The fourth-order valence-corrected chi connectivity index (χ4v) is 2.48. The summed E-state index contributed by atoms with van der Waals surface area (Å²) >= 11 is -1.36. The van der Waals surface area contributed by atoms with Gasteiger partial charge in [0.25, 0.3) is 0 Å². The third-order valence-electron chi connectivity index (χ3n) is 3.50. The monoisotopic (exact) mass is 271 g/mol. The van der Waals surface area contributed by atoms with Crippen LogP contribution >= 0.6 is 0 Å². The Morgan fingerprint density at radius 3 is 1.93 bits per heavy atom. The number of nitrogens with zero attached hydrogens (tertiary/aromatic N) is 1. The largest absolute Gasteiger partial charge is 0.521 e. The normalized spacial score (nSPS) is 17.7. The third kappa shape index (κ3) is 3.86. The molecule has 1 radical (unpaired) electrons. The maximum absolute atomic E-state index is 11.9. The van der Waals surface area contributed by atoms with Gasteiger partial charge in [-0.1, -0.05) is 27.7 Å². The molecule has 0 aromatic carbocycles. The minimum atomic E-state index is -1.36. The van der Waals surface area contributed by atoms with Crippen LogP contribution in [0.2, 0.25) is 0 Å². The van der Waals surface area contributed by atoms with Crippen molar-refractivity contribution in [2.75, 3.05) is 7.05 Å². The second-order valence-electron chi connectivity index (χ2n) is 4.31. The van der Waals surface area contributed by atoms with Gasteiger partial charge < -0.3 is 9.76 Å². The molecule has 15 heavy (non-hydrogen) atoms. The van der Waals surface area contributed by atoms with E-state index in [1.165, 1.54) is 7.05 Å². The predicted molar refractivity (Wildman–Crippen MR) is 61.3 cm³/mol. The second kappa shape index (κ2) is 7.07. The Labute approximate surface area is 108 Å². The summed E-state index contributed by atoms with van der Waals surface area (Å²) in [5.41, 5.74) is 3.48. The van der Waals surface area contributed by atoms with Crippen molar-refractivity contribution in [1.82, 2.24) is 0 Å². The average Bonchev–Trinajstić information content (AvgIpc) is 2.16. The molecule has 0 bridgehead atoms. The van der Waals surface area contributed by atoms with Crippen molar-refractivity contribution in [3.63, 3.8) is 0 Å². The van der Waals surface area contributed by atoms with Gasteiger partial charge in [0.15, 0.2) is 0 Å². The average molecular weight is 271 g/mol. The first-order valence-electron chi connectivity index (χ1n) is 5.04. The molecular formula is C10H22NO2SV-. The molecule has 3 nitrogen and oxygen atoms in total. The maximum atomic E-state index is 11.9. The summed E-state index contributed by atoms with van der Waals surface area (Å²) in [6, 6.07) is 0. The van der Waals surface area contributed by atoms with Gasteiger partial charge in [0.05, 0.1) is 4.75 Å². The Morgan fingerprint density at radius 2 is 1.67 bits per heavy atom. The first-order valence-corrected chi connectivity index (χ1v) is 6.11. The summed E-state index contributed by atoms with van der Waals surface area (Å²) in [7, 11) is 1.51. The van der Waals surface area contributed by atoms with Gasteiger partial charge in [0, 0.05) is 18.6 Å². The maximum Gasteiger partial charge on any atom is 0.145 e. The fourth-order valence-electron chi connectivity index (χ4n) is 1.35. The quantitative estimate of drug-likeness (QED) is 0.696. The van der Waals surface area contributed by atoms with E-state index >= 15 is 0 Å². The van der Waals surface area contributed by atoms with E-state index in [1.54, 1.807) is 0 Å². The van der Waals surface area contributed by atoms with Crippen LogP contribution in [0.15, 0.2) is 0 Å². The molecule has 2 unspecified atom stereocenters. The molecule has 0 spiro atoms. The molecule has 0 amide bonds. The van der Waals surface area contributed by atoms with Gasteiger partial charge >= 0.3 is 0 Å². The standard InChI is InChI=1S/C10H22NO2S.V/c1-7-9(3,4)10(5,8-2)14(12)13-11-6;/h7-8H2,1-6H3;/q-1;. The van der Waals surface area contributed by atoms with Crippen molar-refractivity contribution in [1.29, 1.82) is 0 Å². The van der Waals surface area contributed by atoms with Crippen LogP contribution in [0.5, 0.6) is 0 Å². The van der Waals surface area contributed by atoms with E-state index in [1.807, 2.05) is 13.8 Å². The van der Waals surface area contributed by atoms with Crippen LogP contribution in [0, 0.1) is 5.41 Å². The Hall–Kier alpha value is 0.654. The zero-order valence-electron chi connectivity index (χ0n) is 10.5. The molecule has 0 fully saturated rings. The van der Waals surface area contributed by atoms with Crippen molar-refractivity contribution in [3.8, 4) is 0 Å². The van der Waals surface area contributed by atoms with E-state index in [2.05, 4.69) is 26.3 Å². The van der Waals surface area contributed by atoms with Crippen molar-refractivity contribution in [2.45, 2.75) is 52.2 Å². The number of hydrogen-bond donors (Lipinski definition) is 0. The summed E-state index contributed by atoms with van der Waals surface area (Å²) in [6.07, 6.45) is 1.78. The van der Waals surface area contributed by atoms with E-state index in [-0.39, 0.29) is 28.7 Å². The minimum absolute atomic E-state index is 0. The van der Waals surface area contributed by atoms with Crippen LogP contribution in [-0.4, -0.2) is 16.0 Å². The van der Waals surface area contributed by atoms with E-state index in [0.717, 1.165) is 12.8 Å². The topological polar surface area (TPSA) is 40.4 Å². The third-order valence-corrected chi connectivity index (χ3v) is 5.36. The van der Waals surface area contributed by atoms with Crippen LogP contribution in [-0.2, 0) is 33.9 Å². The van der Waals surface area contributed by atoms with Crippen LogP contribution in [0.25, 0.3) is 5.48 Å². The molecule has 0 rings (SSSR count). The molecule has 0 aliphatic rings. The van der Waals surface area contributed by atoms with Gasteiger partial charge in [-0.3, -0.25) is 0 Å². The molecule has 0 heterocycles. The second-order valence-corrected chi connectivity index (χ2v) is 5.83. The van der Waals surface area contributed by atoms with E-state index < -0.39 is 11.1 Å². The minimum Gasteiger partial charge on any atom is -0.521 e. The molecule has 0 saturated heterocycles. The van der Waals surface area contributed by atoms with Gasteiger partial charge in [0.1, 0.15) is 11.1 Å². The zero-order valence-corrected chi connectivity index (χ0v) is 12.7. The molecule has 0 aromatic heterocycles. The van der Waals surface area contributed by atoms with Crippen molar-refractivity contribution in [2.24, 2.45) is 5.41 Å². The fraction of sp³-hybridized carbons (Fsp3) is 1.00. The van der Waals surface area contributed by atoms with Crippen LogP contribution < -0.4 is 0 Å². The van der Waals surface area contributed by atoms with Gasteiger partial charge in [-0.25, -0.2) is 4.21 Å². The van der Waals surface area contributed by atoms with Crippen LogP contribution in [0.3, 0.4) is 0 Å². The molecule has 0 saturated carbocycles. The number of rotatable bonds is 6. The zero-order chi connectivity index (χ0) is 11.4. The van der Waals surface area contributed by atoms with Crippen LogP contribution in [0.1, 0.15) is 47.5 Å². The van der Waals surface area contributed by atoms with Crippen molar-refractivity contribution >= 4 is 11.1 Å². The summed E-state index contributed by atoms with van der Waals surface area (Å²) in [5, 5.41) is 0. The molecule has 5 heteroatoms. The van der Waals surface area contributed by atoms with Crippen molar-refractivity contribution in [3.05, 3.63) is 5.48 Å². The van der Waals surface area contributed by atoms with Gasteiger partial charge in [-0.2, -0.15) is 0 Å². The van der Waals surface area contributed by atoms with Crippen molar-refractivity contribution < 1.29 is 27.0 Å². The summed E-state index contributed by atoms with van der Waals surface area (Å²) < 4.78 is 16.4. The van der Waals surface area contributed by atoms with Gasteiger partial charge in [-0.05, 0) is 25.2 Å². The van der Waals surface area contributed by atoms with E-state index in [0.29, 0.717) is 0 Å². The van der Waals surface area contributed by atoms with E-state index in [9.17, 15) is 4.21 Å². The van der Waals surface area contributed by atoms with Crippen LogP contribution in [0.4, 0.5) is 0 Å². The first-order chi connectivity index (χ1) is 6.35. The molecule has 91 valence electrons. The molecule has 0 N–H and O–H groups in total. The molecule has 0 aliphatic carbocycles. The summed E-state index contributed by atoms with van der Waals surface area (Å²) in [6.45, 7) is 10.4. The Kier molecular flexibility index (Phi) is 8.50. The summed E-state index contributed by atoms with van der Waals surface area (Å²) in [5.74, 6) is 0. The van der Waals surface area contributed by atoms with Gasteiger partial charge in [0.2, 0.25) is 0 Å². The molecule has 0 aromatic rings. The summed E-state index contributed by atoms with van der Waals surface area (Å²) in [4.78, 5) is 0. The smallest absolute Gasteiger partial charge is 0.145 e. The first kappa shape index (κ1) is 18.0. The SMILES string of the molecule is CCC(C)(C)C(C)(CC)S(=O)O[N-]C.[V]. The molecular weight excluding hydrogens is 249 g/mol. The Balaban J connectivity index is 0. The Bertz CT molecular complexity index is 212. The molecule has 0 aliphatic heterocycles. The predicted octanol–water partition coefficient (Wildman–Crippen LogP) is 3.19.